The van der Waals surface area contributed by atoms with Crippen LogP contribution in [0.1, 0.15) is 80.5 Å². The molecule has 0 aliphatic heterocycles. The number of nitro groups is 1. The number of methoxy groups -OCH3 is 2. The average Bonchev–Trinajstić information content (AvgIpc) is 3.33. The second kappa shape index (κ2) is 13.8. The number of nitro benzene ring substituents is 1. The molecule has 15 nitrogen and oxygen atoms in total. The molecular weight excluding hydrogens is 508 g/mol. The summed E-state index contributed by atoms with van der Waals surface area (Å²) >= 11 is 0. The molecule has 208 valence electrons. The maximum atomic E-state index is 13.5. The van der Waals surface area contributed by atoms with E-state index in [-0.39, 0.29) is 30.2 Å². The average molecular weight is 539 g/mol. The second-order valence-corrected chi connectivity index (χ2v) is 7.88. The normalized spacial score (nSPS) is 12.2. The van der Waals surface area contributed by atoms with E-state index < -0.39 is 52.3 Å². The van der Waals surface area contributed by atoms with Crippen LogP contribution in [-0.2, 0) is 14.2 Å². The molecule has 0 aliphatic carbocycles. The van der Waals surface area contributed by atoms with Gasteiger partial charge >= 0.3 is 12.3 Å². The number of benzene rings is 1. The van der Waals surface area contributed by atoms with Gasteiger partial charge in [0, 0.05) is 12.5 Å². The van der Waals surface area contributed by atoms with Gasteiger partial charge in [-0.2, -0.15) is 0 Å². The Morgan fingerprint density at radius 1 is 1.08 bits per heavy atom. The molecule has 1 aromatic heterocycles. The Kier molecular flexibility index (Phi) is 10.8. The van der Waals surface area contributed by atoms with Gasteiger partial charge < -0.3 is 28.8 Å². The first-order valence-electron chi connectivity index (χ1n) is 11.7. The summed E-state index contributed by atoms with van der Waals surface area (Å²) in [6.07, 6.45) is -2.47. The SMILES string of the molecule is CCCCCOC(=O)OC(CC)n1nc(C(=O)c2cc(OC)c(OC)cc2[N+](=O)[O-])c(C(C)OC(=O)O)n1. The van der Waals surface area contributed by atoms with Crippen LogP contribution in [0.15, 0.2) is 12.1 Å². The van der Waals surface area contributed by atoms with Crippen molar-refractivity contribution in [3.63, 3.8) is 0 Å². The number of rotatable bonds is 14. The number of carbonyl (C=O) groups is 3. The number of unbranched alkanes of at least 4 members (excludes halogenated alkanes) is 2. The summed E-state index contributed by atoms with van der Waals surface area (Å²) in [7, 11) is 2.56. The van der Waals surface area contributed by atoms with Crippen LogP contribution in [0.25, 0.3) is 0 Å². The van der Waals surface area contributed by atoms with E-state index in [4.69, 9.17) is 28.8 Å². The van der Waals surface area contributed by atoms with Crippen molar-refractivity contribution in [2.75, 3.05) is 20.8 Å². The number of nitrogens with zero attached hydrogens (tertiary/aromatic N) is 4. The van der Waals surface area contributed by atoms with Crippen LogP contribution in [0.2, 0.25) is 0 Å². The quantitative estimate of drug-likeness (QED) is 0.117. The van der Waals surface area contributed by atoms with E-state index in [1.807, 2.05) is 6.92 Å². The Hall–Kier alpha value is -4.43. The topological polar surface area (TPSA) is 191 Å². The van der Waals surface area contributed by atoms with E-state index in [9.17, 15) is 24.5 Å². The molecule has 2 rings (SSSR count). The number of hydrogen-bond acceptors (Lipinski definition) is 12. The van der Waals surface area contributed by atoms with Gasteiger partial charge in [-0.15, -0.1) is 15.0 Å². The number of ketones is 1. The van der Waals surface area contributed by atoms with Gasteiger partial charge in [0.2, 0.25) is 12.0 Å². The molecule has 0 amide bonds. The van der Waals surface area contributed by atoms with Crippen LogP contribution in [0.5, 0.6) is 11.5 Å². The molecule has 0 spiro atoms. The lowest BCUT2D eigenvalue weighted by Crippen LogP contribution is -2.20. The van der Waals surface area contributed by atoms with Crippen LogP contribution in [0, 0.1) is 10.1 Å². The summed E-state index contributed by atoms with van der Waals surface area (Å²) in [5.41, 5.74) is -1.74. The van der Waals surface area contributed by atoms with Crippen molar-refractivity contribution in [1.29, 1.82) is 0 Å². The Morgan fingerprint density at radius 3 is 2.29 bits per heavy atom. The van der Waals surface area contributed by atoms with Crippen molar-refractivity contribution in [3.05, 3.63) is 39.2 Å². The Balaban J connectivity index is 2.53. The van der Waals surface area contributed by atoms with Gasteiger partial charge in [-0.1, -0.05) is 26.7 Å². The fourth-order valence-electron chi connectivity index (χ4n) is 3.38. The molecule has 0 radical (unpaired) electrons. The highest BCUT2D eigenvalue weighted by Gasteiger charge is 2.33. The third kappa shape index (κ3) is 7.30. The lowest BCUT2D eigenvalue weighted by Gasteiger charge is -2.15. The molecule has 0 aliphatic rings. The van der Waals surface area contributed by atoms with Crippen molar-refractivity contribution in [3.8, 4) is 11.5 Å². The van der Waals surface area contributed by atoms with E-state index in [0.717, 1.165) is 29.8 Å². The third-order valence-corrected chi connectivity index (χ3v) is 5.28. The Bertz CT molecular complexity index is 1160. The molecule has 2 aromatic rings. The molecule has 0 fully saturated rings. The van der Waals surface area contributed by atoms with Crippen LogP contribution >= 0.6 is 0 Å². The van der Waals surface area contributed by atoms with E-state index in [0.29, 0.717) is 6.42 Å². The minimum absolute atomic E-state index is 0.0131. The zero-order chi connectivity index (χ0) is 28.4. The molecule has 15 heteroatoms. The van der Waals surface area contributed by atoms with Crippen LogP contribution in [0.4, 0.5) is 15.3 Å². The van der Waals surface area contributed by atoms with Gasteiger partial charge in [0.1, 0.15) is 17.4 Å². The zero-order valence-corrected chi connectivity index (χ0v) is 21.7. The molecule has 1 N–H and O–H groups in total. The van der Waals surface area contributed by atoms with Gasteiger partial charge in [0.05, 0.1) is 31.8 Å². The van der Waals surface area contributed by atoms with Crippen molar-refractivity contribution in [2.45, 2.75) is 58.8 Å². The third-order valence-electron chi connectivity index (χ3n) is 5.28. The van der Waals surface area contributed by atoms with Gasteiger partial charge in [-0.3, -0.25) is 14.9 Å². The fraction of sp³-hybridized carbons (Fsp3) is 0.522. The maximum Gasteiger partial charge on any atom is 0.510 e. The summed E-state index contributed by atoms with van der Waals surface area (Å²) < 4.78 is 25.3. The first-order valence-corrected chi connectivity index (χ1v) is 11.7. The van der Waals surface area contributed by atoms with Gasteiger partial charge in [0.25, 0.3) is 5.69 Å². The highest BCUT2D eigenvalue weighted by molar-refractivity contribution is 6.11. The van der Waals surface area contributed by atoms with Gasteiger partial charge in [-0.05, 0) is 13.3 Å². The summed E-state index contributed by atoms with van der Waals surface area (Å²) in [5.74, 6) is -0.929. The molecule has 0 saturated heterocycles. The Morgan fingerprint density at radius 2 is 1.74 bits per heavy atom. The maximum absolute atomic E-state index is 13.5. The number of carboxylic acid groups (broad SMARTS) is 1. The van der Waals surface area contributed by atoms with Crippen molar-refractivity contribution < 1.29 is 48.1 Å². The smallest absolute Gasteiger partial charge is 0.493 e. The number of aromatic nitrogens is 3. The lowest BCUT2D eigenvalue weighted by molar-refractivity contribution is -0.385. The monoisotopic (exact) mass is 538 g/mol. The lowest BCUT2D eigenvalue weighted by atomic mass is 10.0. The van der Waals surface area contributed by atoms with Crippen LogP contribution < -0.4 is 9.47 Å². The minimum Gasteiger partial charge on any atom is -0.493 e. The summed E-state index contributed by atoms with van der Waals surface area (Å²) in [6, 6.07) is 2.12. The largest absolute Gasteiger partial charge is 0.510 e. The standard InChI is InChI=1S/C23H30N4O11/c1-6-8-9-10-36-23(31)38-18(7-2)26-24-19(13(3)37-22(29)30)20(25-26)21(28)14-11-16(34-4)17(35-5)12-15(14)27(32)33/h11-13,18H,6-10H2,1-5H3,(H,29,30). The van der Waals surface area contributed by atoms with Crippen molar-refractivity contribution in [2.24, 2.45) is 0 Å². The number of ether oxygens (including phenoxy) is 5. The first kappa shape index (κ1) is 29.8. The van der Waals surface area contributed by atoms with E-state index in [1.165, 1.54) is 21.1 Å². The number of hydrogen-bond donors (Lipinski definition) is 1. The zero-order valence-electron chi connectivity index (χ0n) is 21.7. The highest BCUT2D eigenvalue weighted by Crippen LogP contribution is 2.36. The van der Waals surface area contributed by atoms with E-state index in [2.05, 4.69) is 10.2 Å². The van der Waals surface area contributed by atoms with Crippen LogP contribution in [-0.4, -0.2) is 63.9 Å². The molecule has 1 aromatic carbocycles. The summed E-state index contributed by atoms with van der Waals surface area (Å²) in [6.45, 7) is 5.09. The minimum atomic E-state index is -1.65. The molecule has 0 bridgehead atoms. The van der Waals surface area contributed by atoms with E-state index in [1.54, 1.807) is 6.92 Å². The van der Waals surface area contributed by atoms with Crippen molar-refractivity contribution >= 4 is 23.8 Å². The van der Waals surface area contributed by atoms with Gasteiger partial charge in [-0.25, -0.2) is 9.59 Å². The predicted octanol–water partition coefficient (Wildman–Crippen LogP) is 4.44. The number of carbonyl (C=O) groups excluding carboxylic acids is 2. The second-order valence-electron chi connectivity index (χ2n) is 7.88. The fourth-order valence-corrected chi connectivity index (χ4v) is 3.38. The molecule has 0 saturated carbocycles. The van der Waals surface area contributed by atoms with Crippen molar-refractivity contribution in [1.82, 2.24) is 15.0 Å². The van der Waals surface area contributed by atoms with Crippen LogP contribution in [0.3, 0.4) is 0 Å². The molecule has 2 atom stereocenters. The predicted molar refractivity (Wildman–Crippen MR) is 128 cm³/mol. The summed E-state index contributed by atoms with van der Waals surface area (Å²) in [5, 5.41) is 29.0. The van der Waals surface area contributed by atoms with Gasteiger partial charge in [0.15, 0.2) is 17.2 Å². The molecule has 1 heterocycles. The first-order chi connectivity index (χ1) is 18.1. The van der Waals surface area contributed by atoms with E-state index >= 15 is 0 Å². The Labute approximate surface area is 217 Å². The molecule has 2 unspecified atom stereocenters. The molecular formula is C23H30N4O11. The molecule has 38 heavy (non-hydrogen) atoms. The highest BCUT2D eigenvalue weighted by atomic mass is 16.7. The summed E-state index contributed by atoms with van der Waals surface area (Å²) in [4.78, 5) is 48.7.